The third-order valence-electron chi connectivity index (χ3n) is 3.99. The molecule has 1 aliphatic heterocycles. The highest BCUT2D eigenvalue weighted by Crippen LogP contribution is 2.13. The lowest BCUT2D eigenvalue weighted by atomic mass is 10.2. The van der Waals surface area contributed by atoms with Crippen LogP contribution in [0.2, 0.25) is 0 Å². The number of nitrogens with zero attached hydrogens (tertiary/aromatic N) is 2. The van der Waals surface area contributed by atoms with Gasteiger partial charge in [-0.15, -0.1) is 0 Å². The summed E-state index contributed by atoms with van der Waals surface area (Å²) in [6.45, 7) is 8.13. The molecule has 0 amide bonds. The van der Waals surface area contributed by atoms with E-state index in [1.54, 1.807) is 0 Å². The molecule has 112 valence electrons. The van der Waals surface area contributed by atoms with Gasteiger partial charge >= 0.3 is 0 Å². The number of rotatable bonds is 5. The highest BCUT2D eigenvalue weighted by Gasteiger charge is 2.18. The molecule has 0 saturated carbocycles. The minimum atomic E-state index is 0.582. The van der Waals surface area contributed by atoms with Crippen LogP contribution in [-0.4, -0.2) is 55.7 Å². The fourth-order valence-corrected chi connectivity index (χ4v) is 2.76. The van der Waals surface area contributed by atoms with Crippen LogP contribution in [0.15, 0.2) is 24.3 Å². The average molecular weight is 277 g/mol. The quantitative estimate of drug-likeness (QED) is 0.886. The van der Waals surface area contributed by atoms with Crippen molar-refractivity contribution in [3.05, 3.63) is 29.8 Å². The molecule has 0 radical (unpaired) electrons. The Bertz CT molecular complexity index is 393. The van der Waals surface area contributed by atoms with E-state index < -0.39 is 0 Å². The molecule has 1 atom stereocenters. The van der Waals surface area contributed by atoms with E-state index in [0.29, 0.717) is 12.6 Å². The molecule has 4 heteroatoms. The molecule has 4 nitrogen and oxygen atoms in total. The van der Waals surface area contributed by atoms with Gasteiger partial charge in [-0.25, -0.2) is 0 Å². The van der Waals surface area contributed by atoms with Gasteiger partial charge in [-0.05, 0) is 51.2 Å². The van der Waals surface area contributed by atoms with Crippen LogP contribution < -0.4 is 10.5 Å². The molecule has 1 aliphatic rings. The number of hydrogen-bond acceptors (Lipinski definition) is 4. The lowest BCUT2D eigenvalue weighted by Crippen LogP contribution is -2.40. The Labute approximate surface area is 122 Å². The van der Waals surface area contributed by atoms with Crippen LogP contribution in [0, 0.1) is 0 Å². The summed E-state index contributed by atoms with van der Waals surface area (Å²) in [5.41, 5.74) is 6.73. The maximum atomic E-state index is 5.83. The zero-order chi connectivity index (χ0) is 14.4. The summed E-state index contributed by atoms with van der Waals surface area (Å²) in [6.07, 6.45) is 1.24. The molecule has 2 rings (SSSR count). The summed E-state index contributed by atoms with van der Waals surface area (Å²) in [6, 6.07) is 8.66. The van der Waals surface area contributed by atoms with Gasteiger partial charge in [0, 0.05) is 25.7 Å². The SMILES string of the molecule is CC1CN(C)CCCN1CCOc1ccc(CN)cc1. The molecule has 20 heavy (non-hydrogen) atoms. The van der Waals surface area contributed by atoms with E-state index in [4.69, 9.17) is 10.5 Å². The molecular weight excluding hydrogens is 250 g/mol. The summed E-state index contributed by atoms with van der Waals surface area (Å²) >= 11 is 0. The van der Waals surface area contributed by atoms with Crippen molar-refractivity contribution in [1.29, 1.82) is 0 Å². The highest BCUT2D eigenvalue weighted by molar-refractivity contribution is 5.27. The van der Waals surface area contributed by atoms with Crippen LogP contribution in [0.3, 0.4) is 0 Å². The lowest BCUT2D eigenvalue weighted by molar-refractivity contribution is 0.166. The zero-order valence-electron chi connectivity index (χ0n) is 12.7. The van der Waals surface area contributed by atoms with Gasteiger partial charge < -0.3 is 15.4 Å². The largest absolute Gasteiger partial charge is 0.492 e. The molecule has 1 heterocycles. The van der Waals surface area contributed by atoms with E-state index in [1.807, 2.05) is 24.3 Å². The minimum absolute atomic E-state index is 0.582. The predicted octanol–water partition coefficient (Wildman–Crippen LogP) is 1.55. The third kappa shape index (κ3) is 4.47. The molecule has 0 bridgehead atoms. The van der Waals surface area contributed by atoms with E-state index >= 15 is 0 Å². The standard InChI is InChI=1S/C16H27N3O/c1-14-13-18(2)8-3-9-19(14)10-11-20-16-6-4-15(12-17)5-7-16/h4-7,14H,3,8-13,17H2,1-2H3. The second kappa shape index (κ2) is 7.62. The van der Waals surface area contributed by atoms with Gasteiger partial charge in [-0.1, -0.05) is 12.1 Å². The Hall–Kier alpha value is -1.10. The van der Waals surface area contributed by atoms with Crippen LogP contribution in [0.4, 0.5) is 0 Å². The van der Waals surface area contributed by atoms with Crippen molar-refractivity contribution in [2.24, 2.45) is 5.73 Å². The van der Waals surface area contributed by atoms with Crippen molar-refractivity contribution in [3.63, 3.8) is 0 Å². The number of nitrogens with two attached hydrogens (primary N) is 1. The van der Waals surface area contributed by atoms with Crippen LogP contribution >= 0.6 is 0 Å². The Kier molecular flexibility index (Phi) is 5.83. The van der Waals surface area contributed by atoms with Crippen molar-refractivity contribution < 1.29 is 4.74 Å². The lowest BCUT2D eigenvalue weighted by Gasteiger charge is -2.27. The Morgan fingerprint density at radius 2 is 2.00 bits per heavy atom. The monoisotopic (exact) mass is 277 g/mol. The Balaban J connectivity index is 1.76. The van der Waals surface area contributed by atoms with E-state index in [0.717, 1.165) is 31.0 Å². The number of ether oxygens (including phenoxy) is 1. The fourth-order valence-electron chi connectivity index (χ4n) is 2.76. The zero-order valence-corrected chi connectivity index (χ0v) is 12.7. The summed E-state index contributed by atoms with van der Waals surface area (Å²) in [4.78, 5) is 4.94. The normalized spacial score (nSPS) is 21.6. The topological polar surface area (TPSA) is 41.7 Å². The van der Waals surface area contributed by atoms with Crippen LogP contribution in [0.25, 0.3) is 0 Å². The second-order valence-corrected chi connectivity index (χ2v) is 5.70. The Morgan fingerprint density at radius 1 is 1.25 bits per heavy atom. The Morgan fingerprint density at radius 3 is 2.70 bits per heavy atom. The predicted molar refractivity (Wildman–Crippen MR) is 83.0 cm³/mol. The minimum Gasteiger partial charge on any atom is -0.492 e. The van der Waals surface area contributed by atoms with Crippen molar-refractivity contribution in [1.82, 2.24) is 9.80 Å². The van der Waals surface area contributed by atoms with Gasteiger partial charge in [-0.3, -0.25) is 4.90 Å². The van der Waals surface area contributed by atoms with E-state index in [2.05, 4.69) is 23.8 Å². The van der Waals surface area contributed by atoms with E-state index in [1.165, 1.54) is 19.5 Å². The third-order valence-corrected chi connectivity index (χ3v) is 3.99. The van der Waals surface area contributed by atoms with Crippen molar-refractivity contribution >= 4 is 0 Å². The molecule has 2 N–H and O–H groups in total. The average Bonchev–Trinajstić information content (AvgIpc) is 2.61. The van der Waals surface area contributed by atoms with Gasteiger partial charge in [0.2, 0.25) is 0 Å². The molecule has 1 unspecified atom stereocenters. The first-order valence-electron chi connectivity index (χ1n) is 7.53. The van der Waals surface area contributed by atoms with Crippen LogP contribution in [0.5, 0.6) is 5.75 Å². The maximum absolute atomic E-state index is 5.83. The van der Waals surface area contributed by atoms with E-state index in [9.17, 15) is 0 Å². The summed E-state index contributed by atoms with van der Waals surface area (Å²) in [5, 5.41) is 0. The molecule has 1 aromatic carbocycles. The molecular formula is C16H27N3O. The number of benzene rings is 1. The summed E-state index contributed by atoms with van der Waals surface area (Å²) in [7, 11) is 2.20. The van der Waals surface area contributed by atoms with Gasteiger partial charge in [0.15, 0.2) is 0 Å². The molecule has 1 fully saturated rings. The molecule has 0 spiro atoms. The van der Waals surface area contributed by atoms with Crippen molar-refractivity contribution in [2.45, 2.75) is 25.9 Å². The van der Waals surface area contributed by atoms with Crippen molar-refractivity contribution in [2.75, 3.05) is 39.8 Å². The highest BCUT2D eigenvalue weighted by atomic mass is 16.5. The van der Waals surface area contributed by atoms with Crippen molar-refractivity contribution in [3.8, 4) is 5.75 Å². The summed E-state index contributed by atoms with van der Waals surface area (Å²) < 4.78 is 5.83. The number of likely N-dealkylation sites (N-methyl/N-ethyl adjacent to an activating group) is 1. The maximum Gasteiger partial charge on any atom is 0.119 e. The van der Waals surface area contributed by atoms with Crippen LogP contribution in [0.1, 0.15) is 18.9 Å². The van der Waals surface area contributed by atoms with E-state index in [-0.39, 0.29) is 0 Å². The van der Waals surface area contributed by atoms with Gasteiger partial charge in [-0.2, -0.15) is 0 Å². The van der Waals surface area contributed by atoms with Gasteiger partial charge in [0.05, 0.1) is 0 Å². The van der Waals surface area contributed by atoms with Gasteiger partial charge in [0.1, 0.15) is 12.4 Å². The smallest absolute Gasteiger partial charge is 0.119 e. The number of hydrogen-bond donors (Lipinski definition) is 1. The first-order chi connectivity index (χ1) is 9.69. The second-order valence-electron chi connectivity index (χ2n) is 5.70. The first-order valence-corrected chi connectivity index (χ1v) is 7.53. The fraction of sp³-hybridized carbons (Fsp3) is 0.625. The molecule has 0 aromatic heterocycles. The summed E-state index contributed by atoms with van der Waals surface area (Å²) in [5.74, 6) is 0.932. The van der Waals surface area contributed by atoms with Gasteiger partial charge in [0.25, 0.3) is 0 Å². The molecule has 1 aromatic rings. The molecule has 1 saturated heterocycles. The van der Waals surface area contributed by atoms with Crippen LogP contribution in [-0.2, 0) is 6.54 Å². The molecule has 0 aliphatic carbocycles. The first kappa shape index (κ1) is 15.3.